The molecule has 13 heavy (non-hydrogen) atoms. The van der Waals surface area contributed by atoms with E-state index in [9.17, 15) is 0 Å². The number of nitrogens with zero attached hydrogens (tertiary/aromatic N) is 1. The van der Waals surface area contributed by atoms with Crippen LogP contribution in [-0.2, 0) is 0 Å². The number of hydrogen-bond acceptors (Lipinski definition) is 1. The van der Waals surface area contributed by atoms with E-state index in [-0.39, 0.29) is 0 Å². The van der Waals surface area contributed by atoms with Crippen LogP contribution in [0, 0.1) is 13.0 Å². The van der Waals surface area contributed by atoms with Crippen LogP contribution in [0.15, 0.2) is 42.6 Å². The Morgan fingerprint density at radius 3 is 2.69 bits per heavy atom. The number of hydrogen-bond donors (Lipinski definition) is 0. The molecule has 1 nitrogen and oxygen atoms in total. The minimum atomic E-state index is 0.975. The number of benzene rings is 1. The molecule has 0 amide bonds. The van der Waals surface area contributed by atoms with Crippen molar-refractivity contribution in [3.8, 4) is 11.3 Å². The molecule has 0 unspecified atom stereocenters. The summed E-state index contributed by atoms with van der Waals surface area (Å²) in [5.41, 5.74) is 3.24. The predicted molar refractivity (Wildman–Crippen MR) is 53.2 cm³/mol. The van der Waals surface area contributed by atoms with E-state index in [1.165, 1.54) is 5.56 Å². The molecule has 0 aliphatic rings. The van der Waals surface area contributed by atoms with Crippen molar-refractivity contribution in [2.75, 3.05) is 0 Å². The molecule has 0 aliphatic carbocycles. The van der Waals surface area contributed by atoms with E-state index in [2.05, 4.69) is 24.0 Å². The van der Waals surface area contributed by atoms with Crippen LogP contribution < -0.4 is 0 Å². The molecule has 0 spiro atoms. The highest BCUT2D eigenvalue weighted by Gasteiger charge is 1.87. The van der Waals surface area contributed by atoms with Crippen molar-refractivity contribution in [2.24, 2.45) is 0 Å². The summed E-state index contributed by atoms with van der Waals surface area (Å²) in [5, 5.41) is 0. The number of aryl methyl sites for hydroxylation is 1. The molecule has 1 aromatic heterocycles. The predicted octanol–water partition coefficient (Wildman–Crippen LogP) is 2.86. The van der Waals surface area contributed by atoms with Crippen molar-refractivity contribution in [2.45, 2.75) is 6.92 Å². The first kappa shape index (κ1) is 7.99. The van der Waals surface area contributed by atoms with Crippen molar-refractivity contribution in [3.05, 3.63) is 54.2 Å². The maximum absolute atomic E-state index is 4.25. The molecule has 64 valence electrons. The standard InChI is InChI=1S/C12H10N/c1-10-5-7-11(8-6-10)12-4-2-3-9-13-12/h2-7,9H,1H3/q-1. The lowest BCUT2D eigenvalue weighted by Gasteiger charge is -2.07. The summed E-state index contributed by atoms with van der Waals surface area (Å²) < 4.78 is 0. The first-order chi connectivity index (χ1) is 6.36. The van der Waals surface area contributed by atoms with E-state index in [4.69, 9.17) is 0 Å². The van der Waals surface area contributed by atoms with Gasteiger partial charge in [-0.1, -0.05) is 19.1 Å². The van der Waals surface area contributed by atoms with Crippen molar-refractivity contribution in [1.82, 2.24) is 4.98 Å². The third-order valence-electron chi connectivity index (χ3n) is 1.91. The summed E-state index contributed by atoms with van der Waals surface area (Å²) in [6, 6.07) is 15.2. The quantitative estimate of drug-likeness (QED) is 0.597. The summed E-state index contributed by atoms with van der Waals surface area (Å²) in [4.78, 5) is 4.25. The van der Waals surface area contributed by atoms with Crippen LogP contribution in [0.1, 0.15) is 5.56 Å². The van der Waals surface area contributed by atoms with Crippen LogP contribution in [0.2, 0.25) is 0 Å². The Hall–Kier alpha value is -1.63. The highest BCUT2D eigenvalue weighted by atomic mass is 14.7. The fourth-order valence-corrected chi connectivity index (χ4v) is 1.18. The number of aromatic nitrogens is 1. The van der Waals surface area contributed by atoms with Gasteiger partial charge in [-0.05, 0) is 11.8 Å². The molecule has 0 saturated heterocycles. The Morgan fingerprint density at radius 1 is 1.15 bits per heavy atom. The van der Waals surface area contributed by atoms with Gasteiger partial charge in [0.15, 0.2) is 0 Å². The molecule has 0 bridgehead atoms. The van der Waals surface area contributed by atoms with Gasteiger partial charge in [0.05, 0.1) is 0 Å². The van der Waals surface area contributed by atoms with Gasteiger partial charge in [-0.3, -0.25) is 0 Å². The molecule has 2 rings (SSSR count). The fraction of sp³-hybridized carbons (Fsp3) is 0.0833. The SMILES string of the molecule is Cc1c[c-]c(-c2ccccn2)cc1. The molecule has 0 saturated carbocycles. The van der Waals surface area contributed by atoms with Crippen molar-refractivity contribution < 1.29 is 0 Å². The summed E-state index contributed by atoms with van der Waals surface area (Å²) in [7, 11) is 0. The molecule has 0 atom stereocenters. The zero-order chi connectivity index (χ0) is 9.10. The van der Waals surface area contributed by atoms with E-state index < -0.39 is 0 Å². The third-order valence-corrected chi connectivity index (χ3v) is 1.91. The van der Waals surface area contributed by atoms with Crippen LogP contribution in [-0.4, -0.2) is 4.98 Å². The smallest absolute Gasteiger partial charge is 0.0160 e. The van der Waals surface area contributed by atoms with Gasteiger partial charge in [0, 0.05) is 6.20 Å². The Labute approximate surface area is 78.1 Å². The van der Waals surface area contributed by atoms with Gasteiger partial charge in [0.25, 0.3) is 0 Å². The first-order valence-electron chi connectivity index (χ1n) is 4.26. The van der Waals surface area contributed by atoms with Gasteiger partial charge in [0.2, 0.25) is 0 Å². The molecule has 0 N–H and O–H groups in total. The molecule has 1 heteroatoms. The van der Waals surface area contributed by atoms with E-state index in [1.54, 1.807) is 6.20 Å². The lowest BCUT2D eigenvalue weighted by atomic mass is 10.1. The Morgan fingerprint density at radius 2 is 2.08 bits per heavy atom. The van der Waals surface area contributed by atoms with Crippen molar-refractivity contribution in [3.63, 3.8) is 0 Å². The molecule has 0 radical (unpaired) electrons. The average molecular weight is 168 g/mol. The minimum absolute atomic E-state index is 0.975. The van der Waals surface area contributed by atoms with Gasteiger partial charge in [-0.15, -0.1) is 35.4 Å². The van der Waals surface area contributed by atoms with Crippen molar-refractivity contribution >= 4 is 0 Å². The molecular formula is C12H10N-. The van der Waals surface area contributed by atoms with Gasteiger partial charge in [-0.2, -0.15) is 0 Å². The highest BCUT2D eigenvalue weighted by Crippen LogP contribution is 2.15. The Balaban J connectivity index is 2.42. The number of pyridine rings is 1. The van der Waals surface area contributed by atoms with Crippen LogP contribution in [0.5, 0.6) is 0 Å². The average Bonchev–Trinajstić information content (AvgIpc) is 2.20. The largest absolute Gasteiger partial charge is 0.305 e. The molecular weight excluding hydrogens is 158 g/mol. The minimum Gasteiger partial charge on any atom is -0.305 e. The van der Waals surface area contributed by atoms with Gasteiger partial charge < -0.3 is 4.98 Å². The zero-order valence-electron chi connectivity index (χ0n) is 7.49. The summed E-state index contributed by atoms with van der Waals surface area (Å²) in [6.45, 7) is 2.05. The summed E-state index contributed by atoms with van der Waals surface area (Å²) in [6.07, 6.45) is 1.79. The van der Waals surface area contributed by atoms with E-state index in [1.807, 2.05) is 30.3 Å². The van der Waals surface area contributed by atoms with E-state index >= 15 is 0 Å². The molecule has 1 heterocycles. The second-order valence-corrected chi connectivity index (χ2v) is 2.99. The van der Waals surface area contributed by atoms with Gasteiger partial charge in [-0.25, -0.2) is 0 Å². The van der Waals surface area contributed by atoms with E-state index in [0.717, 1.165) is 11.3 Å². The normalized spacial score (nSPS) is 9.92. The first-order valence-corrected chi connectivity index (χ1v) is 4.26. The van der Waals surface area contributed by atoms with Gasteiger partial charge in [0.1, 0.15) is 0 Å². The van der Waals surface area contributed by atoms with Crippen molar-refractivity contribution in [1.29, 1.82) is 0 Å². The van der Waals surface area contributed by atoms with Crippen LogP contribution in [0.4, 0.5) is 0 Å². The van der Waals surface area contributed by atoms with Gasteiger partial charge >= 0.3 is 0 Å². The third kappa shape index (κ3) is 1.75. The second-order valence-electron chi connectivity index (χ2n) is 2.99. The maximum Gasteiger partial charge on any atom is 0.0160 e. The van der Waals surface area contributed by atoms with Crippen LogP contribution >= 0.6 is 0 Å². The Bertz CT molecular complexity index is 376. The fourth-order valence-electron chi connectivity index (χ4n) is 1.18. The molecule has 0 fully saturated rings. The molecule has 1 aromatic carbocycles. The lowest BCUT2D eigenvalue weighted by Crippen LogP contribution is -1.81. The summed E-state index contributed by atoms with van der Waals surface area (Å²) >= 11 is 0. The van der Waals surface area contributed by atoms with E-state index in [0.29, 0.717) is 0 Å². The monoisotopic (exact) mass is 168 g/mol. The molecule has 2 aromatic rings. The highest BCUT2D eigenvalue weighted by molar-refractivity contribution is 5.58. The number of rotatable bonds is 1. The lowest BCUT2D eigenvalue weighted by molar-refractivity contribution is 1.32. The Kier molecular flexibility index (Phi) is 2.09. The zero-order valence-corrected chi connectivity index (χ0v) is 7.49. The second kappa shape index (κ2) is 3.40. The summed E-state index contributed by atoms with van der Waals surface area (Å²) in [5.74, 6) is 0. The topological polar surface area (TPSA) is 12.9 Å². The molecule has 0 aliphatic heterocycles. The van der Waals surface area contributed by atoms with Crippen LogP contribution in [0.3, 0.4) is 0 Å². The van der Waals surface area contributed by atoms with Crippen LogP contribution in [0.25, 0.3) is 11.3 Å². The maximum atomic E-state index is 4.25.